The van der Waals surface area contributed by atoms with E-state index in [-0.39, 0.29) is 0 Å². The fourth-order valence-electron chi connectivity index (χ4n) is 1.70. The smallest absolute Gasteiger partial charge is 0.164 e. The Bertz CT molecular complexity index is 564. The van der Waals surface area contributed by atoms with Gasteiger partial charge in [-0.3, -0.25) is 0 Å². The third-order valence-corrected chi connectivity index (χ3v) is 2.76. The van der Waals surface area contributed by atoms with Crippen LogP contribution in [0.25, 0.3) is 0 Å². The molecule has 100 valence electrons. The minimum atomic E-state index is 0.498. The van der Waals surface area contributed by atoms with Crippen molar-refractivity contribution in [3.63, 3.8) is 0 Å². The maximum Gasteiger partial charge on any atom is 0.164 e. The first-order chi connectivity index (χ1) is 9.13. The number of hydrogen-bond donors (Lipinski definition) is 1. The predicted octanol–water partition coefficient (Wildman–Crippen LogP) is 3.39. The van der Waals surface area contributed by atoms with Crippen molar-refractivity contribution in [3.8, 4) is 23.0 Å². The molecule has 2 rings (SSSR count). The topological polar surface area (TPSA) is 53.7 Å². The zero-order valence-electron chi connectivity index (χ0n) is 11.3. The summed E-state index contributed by atoms with van der Waals surface area (Å²) in [5, 5.41) is 0. The number of ether oxygens (including phenoxy) is 3. The van der Waals surface area contributed by atoms with Crippen LogP contribution in [0, 0.1) is 6.92 Å². The van der Waals surface area contributed by atoms with Crippen LogP contribution in [0.5, 0.6) is 23.0 Å². The molecule has 19 heavy (non-hydrogen) atoms. The highest BCUT2D eigenvalue weighted by molar-refractivity contribution is 5.62. The fourth-order valence-corrected chi connectivity index (χ4v) is 1.70. The second kappa shape index (κ2) is 5.52. The number of rotatable bonds is 4. The first kappa shape index (κ1) is 13.1. The second-order valence-electron chi connectivity index (χ2n) is 4.16. The SMILES string of the molecule is COc1cc(N)c(Oc2ccc(C)cc2)cc1OC. The lowest BCUT2D eigenvalue weighted by atomic mass is 10.2. The Morgan fingerprint density at radius 1 is 0.842 bits per heavy atom. The predicted molar refractivity (Wildman–Crippen MR) is 75.2 cm³/mol. The number of methoxy groups -OCH3 is 2. The van der Waals surface area contributed by atoms with Crippen molar-refractivity contribution < 1.29 is 14.2 Å². The quantitative estimate of drug-likeness (QED) is 0.855. The van der Waals surface area contributed by atoms with Gasteiger partial charge in [-0.1, -0.05) is 17.7 Å². The molecule has 0 saturated carbocycles. The molecule has 0 aliphatic carbocycles. The molecule has 2 aromatic rings. The first-order valence-corrected chi connectivity index (χ1v) is 5.90. The molecule has 0 aromatic heterocycles. The summed E-state index contributed by atoms with van der Waals surface area (Å²) < 4.78 is 16.2. The van der Waals surface area contributed by atoms with E-state index in [2.05, 4.69) is 0 Å². The van der Waals surface area contributed by atoms with Crippen LogP contribution in [0.15, 0.2) is 36.4 Å². The van der Waals surface area contributed by atoms with E-state index in [0.717, 1.165) is 5.75 Å². The molecule has 0 saturated heterocycles. The van der Waals surface area contributed by atoms with Crippen molar-refractivity contribution in [2.24, 2.45) is 0 Å². The largest absolute Gasteiger partial charge is 0.493 e. The van der Waals surface area contributed by atoms with Crippen molar-refractivity contribution in [1.82, 2.24) is 0 Å². The molecule has 0 unspecified atom stereocenters. The maximum absolute atomic E-state index is 5.94. The number of nitrogen functional groups attached to an aromatic ring is 1. The average Bonchev–Trinajstić information content (AvgIpc) is 2.43. The van der Waals surface area contributed by atoms with E-state index < -0.39 is 0 Å². The molecule has 0 amide bonds. The van der Waals surface area contributed by atoms with Crippen molar-refractivity contribution in [3.05, 3.63) is 42.0 Å². The van der Waals surface area contributed by atoms with E-state index in [9.17, 15) is 0 Å². The minimum Gasteiger partial charge on any atom is -0.493 e. The van der Waals surface area contributed by atoms with Crippen LogP contribution >= 0.6 is 0 Å². The van der Waals surface area contributed by atoms with Gasteiger partial charge in [0, 0.05) is 12.1 Å². The average molecular weight is 259 g/mol. The summed E-state index contributed by atoms with van der Waals surface area (Å²) in [6.07, 6.45) is 0. The molecule has 0 aliphatic rings. The van der Waals surface area contributed by atoms with Gasteiger partial charge in [-0.15, -0.1) is 0 Å². The molecular weight excluding hydrogens is 242 g/mol. The van der Waals surface area contributed by atoms with Crippen LogP contribution in [-0.4, -0.2) is 14.2 Å². The van der Waals surface area contributed by atoms with Crippen LogP contribution in [-0.2, 0) is 0 Å². The lowest BCUT2D eigenvalue weighted by molar-refractivity contribution is 0.352. The summed E-state index contributed by atoms with van der Waals surface area (Å²) >= 11 is 0. The number of nitrogens with two attached hydrogens (primary N) is 1. The molecule has 0 radical (unpaired) electrons. The van der Waals surface area contributed by atoms with Gasteiger partial charge < -0.3 is 19.9 Å². The van der Waals surface area contributed by atoms with Crippen LogP contribution in [0.3, 0.4) is 0 Å². The van der Waals surface area contributed by atoms with E-state index >= 15 is 0 Å². The molecule has 4 heteroatoms. The van der Waals surface area contributed by atoms with E-state index in [1.165, 1.54) is 5.56 Å². The number of hydrogen-bond acceptors (Lipinski definition) is 4. The summed E-state index contributed by atoms with van der Waals surface area (Å²) in [5.41, 5.74) is 7.61. The zero-order chi connectivity index (χ0) is 13.8. The number of benzene rings is 2. The van der Waals surface area contributed by atoms with Gasteiger partial charge in [-0.2, -0.15) is 0 Å². The van der Waals surface area contributed by atoms with Gasteiger partial charge in [0.15, 0.2) is 17.2 Å². The Morgan fingerprint density at radius 2 is 1.42 bits per heavy atom. The lowest BCUT2D eigenvalue weighted by Gasteiger charge is -2.13. The lowest BCUT2D eigenvalue weighted by Crippen LogP contribution is -1.96. The van der Waals surface area contributed by atoms with Crippen LogP contribution < -0.4 is 19.9 Å². The highest BCUT2D eigenvalue weighted by Gasteiger charge is 2.10. The van der Waals surface area contributed by atoms with Gasteiger partial charge in [0.2, 0.25) is 0 Å². The van der Waals surface area contributed by atoms with Gasteiger partial charge >= 0.3 is 0 Å². The van der Waals surface area contributed by atoms with E-state index in [1.807, 2.05) is 31.2 Å². The monoisotopic (exact) mass is 259 g/mol. The Labute approximate surface area is 112 Å². The highest BCUT2D eigenvalue weighted by Crippen LogP contribution is 2.38. The fraction of sp³-hybridized carbons (Fsp3) is 0.200. The van der Waals surface area contributed by atoms with Crippen LogP contribution in [0.2, 0.25) is 0 Å². The molecule has 0 bridgehead atoms. The molecule has 2 N–H and O–H groups in total. The molecule has 0 fully saturated rings. The molecule has 0 spiro atoms. The van der Waals surface area contributed by atoms with Gasteiger partial charge in [-0.05, 0) is 19.1 Å². The normalized spacial score (nSPS) is 10.1. The molecule has 2 aromatic carbocycles. The Balaban J connectivity index is 2.32. The van der Waals surface area contributed by atoms with E-state index in [4.69, 9.17) is 19.9 Å². The molecule has 0 atom stereocenters. The minimum absolute atomic E-state index is 0.498. The van der Waals surface area contributed by atoms with Gasteiger partial charge in [0.1, 0.15) is 5.75 Å². The van der Waals surface area contributed by atoms with Crippen molar-refractivity contribution in [1.29, 1.82) is 0 Å². The van der Waals surface area contributed by atoms with Gasteiger partial charge in [0.05, 0.1) is 19.9 Å². The third-order valence-electron chi connectivity index (χ3n) is 2.76. The summed E-state index contributed by atoms with van der Waals surface area (Å²) in [4.78, 5) is 0. The third kappa shape index (κ3) is 2.91. The number of anilines is 1. The zero-order valence-corrected chi connectivity index (χ0v) is 11.3. The van der Waals surface area contributed by atoms with Gasteiger partial charge in [0.25, 0.3) is 0 Å². The molecule has 0 heterocycles. The maximum atomic E-state index is 5.94. The van der Waals surface area contributed by atoms with Crippen molar-refractivity contribution >= 4 is 5.69 Å². The summed E-state index contributed by atoms with van der Waals surface area (Å²) in [5.74, 6) is 2.43. The van der Waals surface area contributed by atoms with Crippen molar-refractivity contribution in [2.75, 3.05) is 20.0 Å². The van der Waals surface area contributed by atoms with Crippen LogP contribution in [0.1, 0.15) is 5.56 Å². The highest BCUT2D eigenvalue weighted by atomic mass is 16.5. The van der Waals surface area contributed by atoms with E-state index in [0.29, 0.717) is 22.9 Å². The molecule has 4 nitrogen and oxygen atoms in total. The van der Waals surface area contributed by atoms with Crippen molar-refractivity contribution in [2.45, 2.75) is 6.92 Å². The molecule has 0 aliphatic heterocycles. The Morgan fingerprint density at radius 3 is 2.00 bits per heavy atom. The molecular formula is C15H17NO3. The van der Waals surface area contributed by atoms with Crippen LogP contribution in [0.4, 0.5) is 5.69 Å². The summed E-state index contributed by atoms with van der Waals surface area (Å²) in [6, 6.07) is 11.1. The standard InChI is InChI=1S/C15H17NO3/c1-10-4-6-11(7-5-10)19-13-9-15(18-3)14(17-2)8-12(13)16/h4-9H,16H2,1-3H3. The Hall–Kier alpha value is -2.36. The number of aryl methyl sites for hydroxylation is 1. The van der Waals surface area contributed by atoms with Gasteiger partial charge in [-0.25, -0.2) is 0 Å². The summed E-state index contributed by atoms with van der Waals surface area (Å²) in [6.45, 7) is 2.02. The Kier molecular flexibility index (Phi) is 3.80. The summed E-state index contributed by atoms with van der Waals surface area (Å²) in [7, 11) is 3.14. The first-order valence-electron chi connectivity index (χ1n) is 5.90. The second-order valence-corrected chi connectivity index (χ2v) is 4.16. The van der Waals surface area contributed by atoms with E-state index in [1.54, 1.807) is 26.4 Å².